The standard InChI is InChI=1S/C24H25N9/c1-16-3-2-4-20(28-16)23-26-12-9-21(31-23)30-22-10-13-27-24(32-22)29-18-5-7-19(8-6-18)33-14-11-17(25)15-33/h2-10,12-13,17H,11,14-15,25H2,1H3,(H2,26,27,29,30,31,32). The molecule has 1 unspecified atom stereocenters. The van der Waals surface area contributed by atoms with Gasteiger partial charge in [0, 0.05) is 48.6 Å². The van der Waals surface area contributed by atoms with E-state index in [0.29, 0.717) is 23.4 Å². The molecule has 0 spiro atoms. The van der Waals surface area contributed by atoms with Crippen LogP contribution in [0.15, 0.2) is 67.0 Å². The van der Waals surface area contributed by atoms with Crippen molar-refractivity contribution < 1.29 is 0 Å². The highest BCUT2D eigenvalue weighted by Gasteiger charge is 2.19. The van der Waals surface area contributed by atoms with Gasteiger partial charge in [-0.1, -0.05) is 6.07 Å². The number of nitrogens with zero attached hydrogens (tertiary/aromatic N) is 6. The van der Waals surface area contributed by atoms with Crippen LogP contribution < -0.4 is 21.3 Å². The van der Waals surface area contributed by atoms with Crippen molar-refractivity contribution in [2.24, 2.45) is 5.73 Å². The van der Waals surface area contributed by atoms with Crippen molar-refractivity contribution in [2.75, 3.05) is 28.6 Å². The van der Waals surface area contributed by atoms with Gasteiger partial charge in [0.05, 0.1) is 0 Å². The van der Waals surface area contributed by atoms with Crippen LogP contribution in [0.5, 0.6) is 0 Å². The van der Waals surface area contributed by atoms with Crippen LogP contribution in [0, 0.1) is 6.92 Å². The number of anilines is 5. The largest absolute Gasteiger partial charge is 0.370 e. The number of aromatic nitrogens is 5. The summed E-state index contributed by atoms with van der Waals surface area (Å²) in [7, 11) is 0. The molecule has 0 amide bonds. The lowest BCUT2D eigenvalue weighted by Gasteiger charge is -2.18. The molecule has 1 aliphatic rings. The average molecular weight is 440 g/mol. The van der Waals surface area contributed by atoms with E-state index < -0.39 is 0 Å². The van der Waals surface area contributed by atoms with E-state index in [1.807, 2.05) is 37.3 Å². The van der Waals surface area contributed by atoms with Crippen molar-refractivity contribution in [1.29, 1.82) is 0 Å². The lowest BCUT2D eigenvalue weighted by Crippen LogP contribution is -2.26. The minimum atomic E-state index is 0.255. The average Bonchev–Trinajstić information content (AvgIpc) is 3.26. The molecule has 0 aliphatic carbocycles. The third-order valence-electron chi connectivity index (χ3n) is 5.40. The third-order valence-corrected chi connectivity index (χ3v) is 5.40. The fraction of sp³-hybridized carbons (Fsp3) is 0.208. The highest BCUT2D eigenvalue weighted by Crippen LogP contribution is 2.23. The minimum absolute atomic E-state index is 0.255. The number of hydrogen-bond acceptors (Lipinski definition) is 9. The van der Waals surface area contributed by atoms with Gasteiger partial charge in [0.1, 0.15) is 17.3 Å². The van der Waals surface area contributed by atoms with Crippen LogP contribution in [0.1, 0.15) is 12.1 Å². The van der Waals surface area contributed by atoms with Crippen LogP contribution >= 0.6 is 0 Å². The normalized spacial score (nSPS) is 15.5. The topological polar surface area (TPSA) is 118 Å². The van der Waals surface area contributed by atoms with Crippen LogP contribution in [0.25, 0.3) is 11.5 Å². The van der Waals surface area contributed by atoms with Crippen LogP contribution in [0.4, 0.5) is 29.0 Å². The third kappa shape index (κ3) is 5.04. The Bertz CT molecular complexity index is 1240. The molecule has 5 rings (SSSR count). The fourth-order valence-corrected chi connectivity index (χ4v) is 3.75. The van der Waals surface area contributed by atoms with E-state index in [2.05, 4.69) is 52.6 Å². The zero-order valence-corrected chi connectivity index (χ0v) is 18.3. The Hall–Kier alpha value is -4.11. The number of aryl methyl sites for hydroxylation is 1. The summed E-state index contributed by atoms with van der Waals surface area (Å²) in [6, 6.07) is 17.8. The van der Waals surface area contributed by atoms with Gasteiger partial charge in [-0.15, -0.1) is 0 Å². The minimum Gasteiger partial charge on any atom is -0.370 e. The fourth-order valence-electron chi connectivity index (χ4n) is 3.75. The molecule has 4 N–H and O–H groups in total. The Balaban J connectivity index is 1.27. The maximum absolute atomic E-state index is 6.02. The van der Waals surface area contributed by atoms with Gasteiger partial charge in [0.15, 0.2) is 5.82 Å². The van der Waals surface area contributed by atoms with Gasteiger partial charge < -0.3 is 21.3 Å². The summed E-state index contributed by atoms with van der Waals surface area (Å²) < 4.78 is 0. The number of nitrogens with one attached hydrogen (secondary N) is 2. The maximum atomic E-state index is 6.02. The van der Waals surface area contributed by atoms with E-state index in [1.165, 1.54) is 5.69 Å². The molecule has 0 bridgehead atoms. The first-order chi connectivity index (χ1) is 16.1. The summed E-state index contributed by atoms with van der Waals surface area (Å²) >= 11 is 0. The molecule has 0 radical (unpaired) electrons. The molecule has 1 atom stereocenters. The molecular weight excluding hydrogens is 414 g/mol. The van der Waals surface area contributed by atoms with Gasteiger partial charge in [-0.05, 0) is 61.9 Å². The van der Waals surface area contributed by atoms with E-state index in [0.717, 1.165) is 36.6 Å². The number of benzene rings is 1. The molecule has 166 valence electrons. The van der Waals surface area contributed by atoms with Crippen molar-refractivity contribution in [3.63, 3.8) is 0 Å². The Morgan fingerprint density at radius 1 is 0.879 bits per heavy atom. The molecule has 1 saturated heterocycles. The van der Waals surface area contributed by atoms with Gasteiger partial charge in [-0.3, -0.25) is 0 Å². The smallest absolute Gasteiger partial charge is 0.229 e. The monoisotopic (exact) mass is 439 g/mol. The van der Waals surface area contributed by atoms with Crippen molar-refractivity contribution >= 4 is 29.0 Å². The van der Waals surface area contributed by atoms with Gasteiger partial charge in [0.25, 0.3) is 0 Å². The lowest BCUT2D eigenvalue weighted by atomic mass is 10.2. The number of pyridine rings is 1. The highest BCUT2D eigenvalue weighted by molar-refractivity contribution is 5.62. The first-order valence-corrected chi connectivity index (χ1v) is 10.9. The molecule has 1 aromatic carbocycles. The van der Waals surface area contributed by atoms with Gasteiger partial charge >= 0.3 is 0 Å². The Labute approximate surface area is 192 Å². The summed E-state index contributed by atoms with van der Waals surface area (Å²) in [5.41, 5.74) is 9.74. The summed E-state index contributed by atoms with van der Waals surface area (Å²) in [4.78, 5) is 24.6. The molecule has 1 aliphatic heterocycles. The van der Waals surface area contributed by atoms with E-state index in [9.17, 15) is 0 Å². The molecule has 4 heterocycles. The van der Waals surface area contributed by atoms with Crippen molar-refractivity contribution in [1.82, 2.24) is 24.9 Å². The molecule has 1 fully saturated rings. The maximum Gasteiger partial charge on any atom is 0.229 e. The van der Waals surface area contributed by atoms with E-state index in [4.69, 9.17) is 5.73 Å². The first-order valence-electron chi connectivity index (χ1n) is 10.9. The van der Waals surface area contributed by atoms with Gasteiger partial charge in [0.2, 0.25) is 5.95 Å². The van der Waals surface area contributed by atoms with Crippen LogP contribution in [0.2, 0.25) is 0 Å². The second-order valence-corrected chi connectivity index (χ2v) is 7.99. The molecule has 4 aromatic rings. The van der Waals surface area contributed by atoms with Crippen LogP contribution in [0.3, 0.4) is 0 Å². The zero-order valence-electron chi connectivity index (χ0n) is 18.3. The van der Waals surface area contributed by atoms with Crippen molar-refractivity contribution in [2.45, 2.75) is 19.4 Å². The predicted octanol–water partition coefficient (Wildman–Crippen LogP) is 3.66. The molecule has 33 heavy (non-hydrogen) atoms. The van der Waals surface area contributed by atoms with E-state index >= 15 is 0 Å². The Morgan fingerprint density at radius 2 is 1.67 bits per heavy atom. The molecule has 9 nitrogen and oxygen atoms in total. The molecule has 3 aromatic heterocycles. The Kier molecular flexibility index (Phi) is 5.77. The second kappa shape index (κ2) is 9.17. The number of rotatable bonds is 6. The predicted molar refractivity (Wildman–Crippen MR) is 130 cm³/mol. The summed E-state index contributed by atoms with van der Waals surface area (Å²) in [5.74, 6) is 2.29. The quantitative estimate of drug-likeness (QED) is 0.413. The van der Waals surface area contributed by atoms with Crippen molar-refractivity contribution in [3.8, 4) is 11.5 Å². The summed E-state index contributed by atoms with van der Waals surface area (Å²) in [5, 5.41) is 6.47. The van der Waals surface area contributed by atoms with Crippen LogP contribution in [-0.2, 0) is 0 Å². The second-order valence-electron chi connectivity index (χ2n) is 7.99. The number of nitrogens with two attached hydrogens (primary N) is 1. The van der Waals surface area contributed by atoms with E-state index in [1.54, 1.807) is 24.5 Å². The first kappa shape index (κ1) is 20.8. The van der Waals surface area contributed by atoms with Crippen molar-refractivity contribution in [3.05, 3.63) is 72.7 Å². The lowest BCUT2D eigenvalue weighted by molar-refractivity contribution is 0.752. The van der Waals surface area contributed by atoms with E-state index in [-0.39, 0.29) is 6.04 Å². The zero-order chi connectivity index (χ0) is 22.6. The molecular formula is C24H25N9. The molecule has 9 heteroatoms. The SMILES string of the molecule is Cc1cccc(-c2nccc(Nc3ccnc(Nc4ccc(N5CCC(N)C5)cc4)n3)n2)n1. The Morgan fingerprint density at radius 3 is 2.42 bits per heavy atom. The van der Waals surface area contributed by atoms with Gasteiger partial charge in [-0.25, -0.2) is 19.9 Å². The van der Waals surface area contributed by atoms with Gasteiger partial charge in [-0.2, -0.15) is 4.98 Å². The number of hydrogen-bond donors (Lipinski definition) is 3. The highest BCUT2D eigenvalue weighted by atomic mass is 15.2. The molecule has 0 saturated carbocycles. The van der Waals surface area contributed by atoms with Crippen LogP contribution in [-0.4, -0.2) is 44.1 Å². The summed E-state index contributed by atoms with van der Waals surface area (Å²) in [6.07, 6.45) is 4.43. The summed E-state index contributed by atoms with van der Waals surface area (Å²) in [6.45, 7) is 3.83.